The zero-order valence-electron chi connectivity index (χ0n) is 8.18. The van der Waals surface area contributed by atoms with Crippen molar-refractivity contribution in [2.45, 2.75) is 45.6 Å². The summed E-state index contributed by atoms with van der Waals surface area (Å²) in [6, 6.07) is 0. The maximum absolute atomic E-state index is 11.1. The molecule has 0 aromatic rings. The number of aliphatic hydroxyl groups is 1. The number of carbonyl (C=O) groups excluding carboxylic acids is 1. The summed E-state index contributed by atoms with van der Waals surface area (Å²) in [6.07, 6.45) is 1.98. The molecule has 0 spiro atoms. The second kappa shape index (κ2) is 5.14. The van der Waals surface area contributed by atoms with Crippen LogP contribution in [0.5, 0.6) is 0 Å². The first-order valence-electron chi connectivity index (χ1n) is 4.37. The molecule has 0 aromatic carbocycles. The molecule has 3 heteroatoms. The average Bonchev–Trinajstić information content (AvgIpc) is 1.84. The van der Waals surface area contributed by atoms with Gasteiger partial charge in [0.2, 0.25) is 5.91 Å². The SMILES string of the molecule is CC(C)(C)NC(=O)CCCCO. The largest absolute Gasteiger partial charge is 0.396 e. The molecule has 0 heterocycles. The highest BCUT2D eigenvalue weighted by Crippen LogP contribution is 2.01. The lowest BCUT2D eigenvalue weighted by Crippen LogP contribution is -2.40. The van der Waals surface area contributed by atoms with Gasteiger partial charge in [0, 0.05) is 18.6 Å². The molecule has 2 N–H and O–H groups in total. The normalized spacial score (nSPS) is 11.3. The summed E-state index contributed by atoms with van der Waals surface area (Å²) in [5.41, 5.74) is -0.143. The summed E-state index contributed by atoms with van der Waals surface area (Å²) in [4.78, 5) is 11.1. The first-order chi connectivity index (χ1) is 5.45. The predicted octanol–water partition coefficient (Wildman–Crippen LogP) is 1.06. The van der Waals surface area contributed by atoms with Gasteiger partial charge in [-0.15, -0.1) is 0 Å². The Kier molecular flexibility index (Phi) is 4.90. The van der Waals surface area contributed by atoms with E-state index in [1.165, 1.54) is 0 Å². The molecule has 0 aliphatic carbocycles. The van der Waals surface area contributed by atoms with Crippen LogP contribution < -0.4 is 5.32 Å². The fourth-order valence-electron chi connectivity index (χ4n) is 0.878. The third-order valence-corrected chi connectivity index (χ3v) is 1.33. The van der Waals surface area contributed by atoms with Crippen LogP contribution in [0.15, 0.2) is 0 Å². The van der Waals surface area contributed by atoms with Crippen LogP contribution in [0.25, 0.3) is 0 Å². The molecule has 0 saturated heterocycles. The van der Waals surface area contributed by atoms with Gasteiger partial charge < -0.3 is 10.4 Å². The Labute approximate surface area is 74.2 Å². The molecule has 12 heavy (non-hydrogen) atoms. The summed E-state index contributed by atoms with van der Waals surface area (Å²) in [5, 5.41) is 11.3. The van der Waals surface area contributed by atoms with Crippen LogP contribution in [0.3, 0.4) is 0 Å². The van der Waals surface area contributed by atoms with E-state index in [0.29, 0.717) is 12.8 Å². The van der Waals surface area contributed by atoms with Crippen LogP contribution in [0.4, 0.5) is 0 Å². The number of unbranched alkanes of at least 4 members (excludes halogenated alkanes) is 1. The van der Waals surface area contributed by atoms with Gasteiger partial charge in [-0.05, 0) is 33.6 Å². The fourth-order valence-corrected chi connectivity index (χ4v) is 0.878. The maximum atomic E-state index is 11.1. The Hall–Kier alpha value is -0.570. The monoisotopic (exact) mass is 173 g/mol. The van der Waals surface area contributed by atoms with Crippen molar-refractivity contribution >= 4 is 5.91 Å². The fraction of sp³-hybridized carbons (Fsp3) is 0.889. The van der Waals surface area contributed by atoms with Crippen molar-refractivity contribution in [1.82, 2.24) is 5.32 Å². The Morgan fingerprint density at radius 1 is 1.33 bits per heavy atom. The Bertz CT molecular complexity index is 138. The number of hydrogen-bond donors (Lipinski definition) is 2. The van der Waals surface area contributed by atoms with Gasteiger partial charge in [0.1, 0.15) is 0 Å². The smallest absolute Gasteiger partial charge is 0.220 e. The van der Waals surface area contributed by atoms with E-state index < -0.39 is 0 Å². The minimum Gasteiger partial charge on any atom is -0.396 e. The minimum atomic E-state index is -0.143. The predicted molar refractivity (Wildman–Crippen MR) is 48.8 cm³/mol. The average molecular weight is 173 g/mol. The molecule has 0 aromatic heterocycles. The number of carbonyl (C=O) groups is 1. The Morgan fingerprint density at radius 3 is 2.33 bits per heavy atom. The molecule has 0 atom stereocenters. The molecule has 0 unspecified atom stereocenters. The van der Waals surface area contributed by atoms with Crippen LogP contribution in [-0.2, 0) is 4.79 Å². The molecule has 72 valence electrons. The summed E-state index contributed by atoms with van der Waals surface area (Å²) in [5.74, 6) is 0.0657. The third kappa shape index (κ3) is 7.54. The molecule has 0 fully saturated rings. The zero-order valence-corrected chi connectivity index (χ0v) is 8.18. The molecule has 0 radical (unpaired) electrons. The molecule has 0 bridgehead atoms. The van der Waals surface area contributed by atoms with Crippen molar-refractivity contribution in [2.24, 2.45) is 0 Å². The lowest BCUT2D eigenvalue weighted by Gasteiger charge is -2.20. The van der Waals surface area contributed by atoms with Gasteiger partial charge >= 0.3 is 0 Å². The molecule has 0 rings (SSSR count). The van der Waals surface area contributed by atoms with E-state index in [9.17, 15) is 4.79 Å². The van der Waals surface area contributed by atoms with Crippen LogP contribution >= 0.6 is 0 Å². The summed E-state index contributed by atoms with van der Waals surface area (Å²) < 4.78 is 0. The molecular formula is C9H19NO2. The van der Waals surface area contributed by atoms with Gasteiger partial charge in [-0.2, -0.15) is 0 Å². The van der Waals surface area contributed by atoms with Crippen LogP contribution in [0, 0.1) is 0 Å². The maximum Gasteiger partial charge on any atom is 0.220 e. The summed E-state index contributed by atoms with van der Waals surface area (Å²) in [7, 11) is 0. The molecular weight excluding hydrogens is 154 g/mol. The molecule has 0 aliphatic heterocycles. The Balaban J connectivity index is 3.47. The minimum absolute atomic E-state index is 0.0657. The van der Waals surface area contributed by atoms with Crippen molar-refractivity contribution in [3.8, 4) is 0 Å². The van der Waals surface area contributed by atoms with E-state index in [1.54, 1.807) is 0 Å². The first kappa shape index (κ1) is 11.4. The number of hydrogen-bond acceptors (Lipinski definition) is 2. The highest BCUT2D eigenvalue weighted by Gasteiger charge is 2.12. The summed E-state index contributed by atoms with van der Waals surface area (Å²) in [6.45, 7) is 6.04. The van der Waals surface area contributed by atoms with E-state index in [-0.39, 0.29) is 18.1 Å². The lowest BCUT2D eigenvalue weighted by molar-refractivity contribution is -0.122. The van der Waals surface area contributed by atoms with E-state index >= 15 is 0 Å². The topological polar surface area (TPSA) is 49.3 Å². The van der Waals surface area contributed by atoms with Gasteiger partial charge in [0.25, 0.3) is 0 Å². The summed E-state index contributed by atoms with van der Waals surface area (Å²) >= 11 is 0. The zero-order chi connectivity index (χ0) is 9.61. The van der Waals surface area contributed by atoms with Crippen molar-refractivity contribution in [2.75, 3.05) is 6.61 Å². The van der Waals surface area contributed by atoms with E-state index in [0.717, 1.165) is 6.42 Å². The van der Waals surface area contributed by atoms with Crippen LogP contribution in [0.2, 0.25) is 0 Å². The number of amides is 1. The van der Waals surface area contributed by atoms with Gasteiger partial charge in [-0.25, -0.2) is 0 Å². The van der Waals surface area contributed by atoms with Crippen molar-refractivity contribution in [3.05, 3.63) is 0 Å². The van der Waals surface area contributed by atoms with E-state index in [2.05, 4.69) is 5.32 Å². The highest BCUT2D eigenvalue weighted by atomic mass is 16.2. The van der Waals surface area contributed by atoms with Crippen LogP contribution in [-0.4, -0.2) is 23.2 Å². The second-order valence-corrected chi connectivity index (χ2v) is 3.98. The van der Waals surface area contributed by atoms with Crippen molar-refractivity contribution < 1.29 is 9.90 Å². The quantitative estimate of drug-likeness (QED) is 0.625. The van der Waals surface area contributed by atoms with E-state index in [4.69, 9.17) is 5.11 Å². The molecule has 1 amide bonds. The highest BCUT2D eigenvalue weighted by molar-refractivity contribution is 5.76. The standard InChI is InChI=1S/C9H19NO2/c1-9(2,3)10-8(12)6-4-5-7-11/h11H,4-7H2,1-3H3,(H,10,12). The van der Waals surface area contributed by atoms with Gasteiger partial charge in [-0.3, -0.25) is 4.79 Å². The molecule has 0 saturated carbocycles. The lowest BCUT2D eigenvalue weighted by atomic mass is 10.1. The van der Waals surface area contributed by atoms with Crippen molar-refractivity contribution in [1.29, 1.82) is 0 Å². The van der Waals surface area contributed by atoms with Gasteiger partial charge in [0.15, 0.2) is 0 Å². The van der Waals surface area contributed by atoms with Crippen molar-refractivity contribution in [3.63, 3.8) is 0 Å². The number of aliphatic hydroxyl groups excluding tert-OH is 1. The number of nitrogens with one attached hydrogen (secondary N) is 1. The van der Waals surface area contributed by atoms with Gasteiger partial charge in [0.05, 0.1) is 0 Å². The molecule has 3 nitrogen and oxygen atoms in total. The third-order valence-electron chi connectivity index (χ3n) is 1.33. The number of rotatable bonds is 4. The second-order valence-electron chi connectivity index (χ2n) is 3.98. The Morgan fingerprint density at radius 2 is 1.92 bits per heavy atom. The van der Waals surface area contributed by atoms with E-state index in [1.807, 2.05) is 20.8 Å². The van der Waals surface area contributed by atoms with Crippen LogP contribution in [0.1, 0.15) is 40.0 Å². The first-order valence-corrected chi connectivity index (χ1v) is 4.37. The molecule has 0 aliphatic rings. The van der Waals surface area contributed by atoms with Gasteiger partial charge in [-0.1, -0.05) is 0 Å².